The number of amides is 2. The molecule has 3 rings (SSSR count). The highest BCUT2D eigenvalue weighted by molar-refractivity contribution is 5.79. The number of hydrogen-bond donors (Lipinski definition) is 3. The van der Waals surface area contributed by atoms with Gasteiger partial charge in [-0.25, -0.2) is 9.59 Å². The number of alkyl carbamates (subject to hydrolysis) is 2. The molecule has 0 bridgehead atoms. The second kappa shape index (κ2) is 9.75. The summed E-state index contributed by atoms with van der Waals surface area (Å²) in [6, 6.07) is 15.8. The Morgan fingerprint density at radius 3 is 2.03 bits per heavy atom. The number of nitrogens with two attached hydrogens (primary N) is 1. The maximum Gasteiger partial charge on any atom is 0.407 e. The molecular formula is C22H25N3O4. The normalized spacial score (nSPS) is 13.0. The number of benzene rings is 2. The molecule has 2 aromatic carbocycles. The zero-order valence-electron chi connectivity index (χ0n) is 16.1. The summed E-state index contributed by atoms with van der Waals surface area (Å²) in [6.45, 7) is 4.15. The van der Waals surface area contributed by atoms with Crippen LogP contribution in [0.5, 0.6) is 0 Å². The quantitative estimate of drug-likeness (QED) is 0.597. The fourth-order valence-electron chi connectivity index (χ4n) is 3.34. The molecule has 7 nitrogen and oxygen atoms in total. The number of rotatable bonds is 8. The maximum atomic E-state index is 12.1. The van der Waals surface area contributed by atoms with E-state index in [-0.39, 0.29) is 32.2 Å². The van der Waals surface area contributed by atoms with Crippen molar-refractivity contribution in [2.75, 3.05) is 26.3 Å². The van der Waals surface area contributed by atoms with Crippen molar-refractivity contribution in [2.24, 2.45) is 5.73 Å². The van der Waals surface area contributed by atoms with Gasteiger partial charge in [0.1, 0.15) is 13.2 Å². The number of hydrogen-bond acceptors (Lipinski definition) is 5. The molecule has 1 aliphatic carbocycles. The van der Waals surface area contributed by atoms with E-state index in [1.165, 1.54) is 17.2 Å². The Labute approximate surface area is 169 Å². The van der Waals surface area contributed by atoms with E-state index in [2.05, 4.69) is 41.5 Å². The Kier molecular flexibility index (Phi) is 6.86. The Morgan fingerprint density at radius 2 is 1.48 bits per heavy atom. The van der Waals surface area contributed by atoms with Gasteiger partial charge in [-0.2, -0.15) is 0 Å². The van der Waals surface area contributed by atoms with Crippen LogP contribution >= 0.6 is 0 Å². The highest BCUT2D eigenvalue weighted by atomic mass is 16.6. The molecular weight excluding hydrogens is 370 g/mol. The number of fused-ring (bicyclic) bond motifs is 3. The van der Waals surface area contributed by atoms with Gasteiger partial charge < -0.3 is 25.8 Å². The molecule has 0 saturated heterocycles. The molecule has 29 heavy (non-hydrogen) atoms. The zero-order chi connectivity index (χ0) is 20.6. The van der Waals surface area contributed by atoms with Crippen LogP contribution in [-0.2, 0) is 9.47 Å². The van der Waals surface area contributed by atoms with Crippen molar-refractivity contribution in [3.63, 3.8) is 0 Å². The highest BCUT2D eigenvalue weighted by Gasteiger charge is 2.28. The molecule has 0 fully saturated rings. The number of nitrogens with one attached hydrogen (secondary N) is 2. The van der Waals surface area contributed by atoms with Gasteiger partial charge in [0.05, 0.1) is 0 Å². The Hall–Kier alpha value is -3.32. The van der Waals surface area contributed by atoms with E-state index < -0.39 is 18.2 Å². The van der Waals surface area contributed by atoms with Gasteiger partial charge in [-0.15, -0.1) is 0 Å². The van der Waals surface area contributed by atoms with E-state index >= 15 is 0 Å². The molecule has 0 aromatic heterocycles. The second-order valence-electron chi connectivity index (χ2n) is 6.73. The van der Waals surface area contributed by atoms with Crippen molar-refractivity contribution in [3.8, 4) is 11.1 Å². The summed E-state index contributed by atoms with van der Waals surface area (Å²) in [5.41, 5.74) is 10.5. The number of carbonyl (C=O) groups excluding carboxylic acids is 2. The van der Waals surface area contributed by atoms with E-state index in [9.17, 15) is 9.59 Å². The van der Waals surface area contributed by atoms with Gasteiger partial charge in [0.2, 0.25) is 0 Å². The Bertz CT molecular complexity index is 838. The number of ether oxygens (including phenoxy) is 2. The zero-order valence-corrected chi connectivity index (χ0v) is 16.1. The van der Waals surface area contributed by atoms with Gasteiger partial charge in [0.15, 0.2) is 0 Å². The fourth-order valence-corrected chi connectivity index (χ4v) is 3.34. The lowest BCUT2D eigenvalue weighted by Crippen LogP contribution is -2.45. The largest absolute Gasteiger partial charge is 0.449 e. The van der Waals surface area contributed by atoms with Crippen molar-refractivity contribution < 1.29 is 19.1 Å². The summed E-state index contributed by atoms with van der Waals surface area (Å²) in [5.74, 6) is 0.00289. The lowest BCUT2D eigenvalue weighted by atomic mass is 9.98. The molecule has 0 radical (unpaired) electrons. The standard InChI is InChI=1S/C22H25N3O4/c1-2-11-28-21(26)24-12-15(23)13-25-22(27)29-14-20-18-9-5-3-7-16(18)17-8-4-6-10-19(17)20/h2-10,15,20H,1,11-14,23H2,(H,24,26)(H,25,27)/t15-/m0/s1. The third-order valence-electron chi connectivity index (χ3n) is 4.69. The van der Waals surface area contributed by atoms with E-state index in [0.29, 0.717) is 0 Å². The van der Waals surface area contributed by atoms with Crippen LogP contribution in [0, 0.1) is 0 Å². The Balaban J connectivity index is 1.46. The van der Waals surface area contributed by atoms with E-state index in [1.54, 1.807) is 0 Å². The van der Waals surface area contributed by atoms with Crippen LogP contribution < -0.4 is 16.4 Å². The first-order valence-corrected chi connectivity index (χ1v) is 9.46. The molecule has 4 N–H and O–H groups in total. The average Bonchev–Trinajstić information content (AvgIpc) is 3.07. The van der Waals surface area contributed by atoms with Crippen LogP contribution in [0.4, 0.5) is 9.59 Å². The van der Waals surface area contributed by atoms with Crippen molar-refractivity contribution in [2.45, 2.75) is 12.0 Å². The molecule has 1 aliphatic rings. The average molecular weight is 395 g/mol. The maximum absolute atomic E-state index is 12.1. The molecule has 2 aromatic rings. The first-order chi connectivity index (χ1) is 14.1. The van der Waals surface area contributed by atoms with E-state index in [4.69, 9.17) is 15.2 Å². The summed E-state index contributed by atoms with van der Waals surface area (Å²) in [6.07, 6.45) is 0.344. The minimum Gasteiger partial charge on any atom is -0.449 e. The fraction of sp³-hybridized carbons (Fsp3) is 0.273. The van der Waals surface area contributed by atoms with E-state index in [1.807, 2.05) is 24.3 Å². The molecule has 7 heteroatoms. The van der Waals surface area contributed by atoms with Crippen LogP contribution in [0.1, 0.15) is 17.0 Å². The third kappa shape index (κ3) is 5.14. The predicted octanol–water partition coefficient (Wildman–Crippen LogP) is 2.76. The van der Waals surface area contributed by atoms with Gasteiger partial charge in [-0.1, -0.05) is 61.2 Å². The molecule has 0 aliphatic heterocycles. The van der Waals surface area contributed by atoms with Crippen LogP contribution in [-0.4, -0.2) is 44.5 Å². The lowest BCUT2D eigenvalue weighted by molar-refractivity contribution is 0.142. The topological polar surface area (TPSA) is 103 Å². The van der Waals surface area contributed by atoms with Crippen molar-refractivity contribution in [3.05, 3.63) is 72.3 Å². The summed E-state index contributed by atoms with van der Waals surface area (Å²) in [5, 5.41) is 5.14. The SMILES string of the molecule is C=CCOC(=O)NC[C@H](N)CNC(=O)OCC1c2ccccc2-c2ccccc21. The second-order valence-corrected chi connectivity index (χ2v) is 6.73. The van der Waals surface area contributed by atoms with Gasteiger partial charge in [-0.05, 0) is 22.3 Å². The molecule has 0 spiro atoms. The van der Waals surface area contributed by atoms with E-state index in [0.717, 1.165) is 11.1 Å². The molecule has 0 heterocycles. The smallest absolute Gasteiger partial charge is 0.407 e. The first kappa shape index (κ1) is 20.4. The van der Waals surface area contributed by atoms with Crippen molar-refractivity contribution in [1.82, 2.24) is 10.6 Å². The summed E-state index contributed by atoms with van der Waals surface area (Å²) in [7, 11) is 0. The minimum atomic E-state index is -0.582. The molecule has 2 amide bonds. The predicted molar refractivity (Wildman–Crippen MR) is 111 cm³/mol. The summed E-state index contributed by atoms with van der Waals surface area (Å²) < 4.78 is 10.2. The van der Waals surface area contributed by atoms with Crippen LogP contribution in [0.3, 0.4) is 0 Å². The number of carbonyl (C=O) groups is 2. The molecule has 152 valence electrons. The first-order valence-electron chi connectivity index (χ1n) is 9.46. The lowest BCUT2D eigenvalue weighted by Gasteiger charge is -2.16. The molecule has 1 atom stereocenters. The Morgan fingerprint density at radius 1 is 0.966 bits per heavy atom. The molecule has 0 unspecified atom stereocenters. The monoisotopic (exact) mass is 395 g/mol. The third-order valence-corrected chi connectivity index (χ3v) is 4.69. The van der Waals surface area contributed by atoms with Gasteiger partial charge in [0.25, 0.3) is 0 Å². The van der Waals surface area contributed by atoms with Gasteiger partial charge in [-0.3, -0.25) is 0 Å². The van der Waals surface area contributed by atoms with Crippen LogP contribution in [0.15, 0.2) is 61.2 Å². The van der Waals surface area contributed by atoms with Gasteiger partial charge >= 0.3 is 12.2 Å². The molecule has 0 saturated carbocycles. The van der Waals surface area contributed by atoms with Crippen LogP contribution in [0.25, 0.3) is 11.1 Å². The highest BCUT2D eigenvalue weighted by Crippen LogP contribution is 2.44. The van der Waals surface area contributed by atoms with Crippen LogP contribution in [0.2, 0.25) is 0 Å². The summed E-state index contributed by atoms with van der Waals surface area (Å²) in [4.78, 5) is 23.4. The van der Waals surface area contributed by atoms with Gasteiger partial charge in [0, 0.05) is 25.0 Å². The summed E-state index contributed by atoms with van der Waals surface area (Å²) >= 11 is 0. The minimum absolute atomic E-state index is 0.00289. The van der Waals surface area contributed by atoms with Crippen molar-refractivity contribution in [1.29, 1.82) is 0 Å². The van der Waals surface area contributed by atoms with Crippen molar-refractivity contribution >= 4 is 12.2 Å².